The van der Waals surface area contributed by atoms with Crippen LogP contribution in [0.2, 0.25) is 0 Å². The molecule has 9 heteroatoms. The number of amides is 2. The van der Waals surface area contributed by atoms with Crippen molar-refractivity contribution in [2.75, 3.05) is 12.1 Å². The van der Waals surface area contributed by atoms with Gasteiger partial charge in [0.2, 0.25) is 18.6 Å². The summed E-state index contributed by atoms with van der Waals surface area (Å²) in [5.74, 6) is 2.11. The number of carbonyl (C=O) groups excluding carboxylic acids is 2. The fourth-order valence-corrected chi connectivity index (χ4v) is 7.05. The van der Waals surface area contributed by atoms with Gasteiger partial charge in [-0.3, -0.25) is 14.4 Å². The molecule has 2 amide bonds. The van der Waals surface area contributed by atoms with E-state index in [0.717, 1.165) is 37.0 Å². The Morgan fingerprint density at radius 1 is 1.00 bits per heavy atom. The van der Waals surface area contributed by atoms with Crippen LogP contribution in [0.3, 0.4) is 0 Å². The number of carboxylic acid groups (broad SMARTS) is 1. The maximum absolute atomic E-state index is 12.9. The third kappa shape index (κ3) is 5.28. The molecule has 4 saturated carbocycles. The minimum atomic E-state index is -0.936. The van der Waals surface area contributed by atoms with Crippen molar-refractivity contribution in [3.8, 4) is 11.5 Å². The molecule has 1 aromatic carbocycles. The van der Waals surface area contributed by atoms with Crippen LogP contribution >= 0.6 is 0 Å². The molecule has 4 aliphatic carbocycles. The first-order valence-electron chi connectivity index (χ1n) is 12.6. The van der Waals surface area contributed by atoms with Gasteiger partial charge < -0.3 is 19.9 Å². The lowest BCUT2D eigenvalue weighted by Crippen LogP contribution is -2.47. The highest BCUT2D eigenvalue weighted by Gasteiger charge is 2.51. The Balaban J connectivity index is 1.26. The highest BCUT2D eigenvalue weighted by atomic mass is 16.7. The molecule has 9 nitrogen and oxygen atoms in total. The summed E-state index contributed by atoms with van der Waals surface area (Å²) in [6.45, 7) is 1.85. The molecule has 6 rings (SSSR count). The molecule has 0 aromatic heterocycles. The summed E-state index contributed by atoms with van der Waals surface area (Å²) in [6.07, 6.45) is 8.28. The number of hydrogen-bond donors (Lipinski definition) is 3. The van der Waals surface area contributed by atoms with Crippen molar-refractivity contribution in [2.45, 2.75) is 71.1 Å². The van der Waals surface area contributed by atoms with Crippen molar-refractivity contribution in [1.82, 2.24) is 5.43 Å². The zero-order chi connectivity index (χ0) is 24.6. The van der Waals surface area contributed by atoms with E-state index < -0.39 is 5.97 Å². The maximum atomic E-state index is 12.9. The molecule has 3 N–H and O–H groups in total. The van der Waals surface area contributed by atoms with E-state index in [-0.39, 0.29) is 43.3 Å². The molecule has 1 heterocycles. The van der Waals surface area contributed by atoms with E-state index in [4.69, 9.17) is 14.6 Å². The lowest BCUT2D eigenvalue weighted by Gasteiger charge is -2.56. The van der Waals surface area contributed by atoms with Gasteiger partial charge in [-0.1, -0.05) is 0 Å². The number of ether oxygens (including phenoxy) is 2. The predicted molar refractivity (Wildman–Crippen MR) is 128 cm³/mol. The summed E-state index contributed by atoms with van der Waals surface area (Å²) in [7, 11) is 0. The molecule has 4 bridgehead atoms. The van der Waals surface area contributed by atoms with Crippen LogP contribution in [0.15, 0.2) is 17.2 Å². The van der Waals surface area contributed by atoms with Crippen LogP contribution in [0.25, 0.3) is 0 Å². The third-order valence-corrected chi connectivity index (χ3v) is 8.02. The smallest absolute Gasteiger partial charge is 0.303 e. The summed E-state index contributed by atoms with van der Waals surface area (Å²) < 4.78 is 10.9. The summed E-state index contributed by atoms with van der Waals surface area (Å²) >= 11 is 0. The monoisotopic (exact) mass is 483 g/mol. The van der Waals surface area contributed by atoms with Gasteiger partial charge in [-0.2, -0.15) is 5.10 Å². The van der Waals surface area contributed by atoms with Crippen LogP contribution in [0.1, 0.15) is 76.7 Å². The summed E-state index contributed by atoms with van der Waals surface area (Å²) in [6, 6.07) is 3.41. The van der Waals surface area contributed by atoms with Gasteiger partial charge in [0.15, 0.2) is 11.5 Å². The Hall–Kier alpha value is -3.10. The molecule has 0 unspecified atom stereocenters. The van der Waals surface area contributed by atoms with Gasteiger partial charge in [-0.25, -0.2) is 5.43 Å². The van der Waals surface area contributed by atoms with Gasteiger partial charge in [0.05, 0.1) is 11.4 Å². The molecule has 188 valence electrons. The van der Waals surface area contributed by atoms with Crippen LogP contribution in [0.5, 0.6) is 11.5 Å². The first-order valence-corrected chi connectivity index (χ1v) is 12.6. The number of rotatable bonds is 9. The zero-order valence-electron chi connectivity index (χ0n) is 20.1. The molecule has 1 aromatic rings. The molecular formula is C26H33N3O6. The number of nitrogens with zero attached hydrogens (tertiary/aromatic N) is 1. The molecule has 1 aliphatic heterocycles. The fourth-order valence-electron chi connectivity index (χ4n) is 7.05. The maximum Gasteiger partial charge on any atom is 0.303 e. The van der Waals surface area contributed by atoms with E-state index in [0.29, 0.717) is 34.9 Å². The largest absolute Gasteiger partial charge is 0.481 e. The van der Waals surface area contributed by atoms with Gasteiger partial charge in [-0.15, -0.1) is 0 Å². The van der Waals surface area contributed by atoms with Crippen LogP contribution in [-0.4, -0.2) is 35.4 Å². The first kappa shape index (κ1) is 23.6. The average molecular weight is 484 g/mol. The van der Waals surface area contributed by atoms with Crippen molar-refractivity contribution in [3.63, 3.8) is 0 Å². The van der Waals surface area contributed by atoms with E-state index in [9.17, 15) is 14.4 Å². The van der Waals surface area contributed by atoms with Crippen LogP contribution in [0, 0.1) is 23.2 Å². The summed E-state index contributed by atoms with van der Waals surface area (Å²) in [4.78, 5) is 36.0. The van der Waals surface area contributed by atoms with E-state index in [1.165, 1.54) is 19.3 Å². The topological polar surface area (TPSA) is 126 Å². The van der Waals surface area contributed by atoms with Crippen molar-refractivity contribution < 1.29 is 29.0 Å². The number of hydrogen-bond acceptors (Lipinski definition) is 6. The predicted octanol–water partition coefficient (Wildman–Crippen LogP) is 4.06. The number of hydrazone groups is 1. The quantitative estimate of drug-likeness (QED) is 0.359. The number of anilines is 1. The highest BCUT2D eigenvalue weighted by molar-refractivity contribution is 6.07. The Labute approximate surface area is 204 Å². The fraction of sp³-hybridized carbons (Fsp3) is 0.615. The standard InChI is InChI=1S/C26H33N3O6/c1-15(28-29-24(31)13-26-10-16-5-17(11-26)7-18(6-16)12-26)19-8-21-22(35-14-34-21)9-20(19)27-23(30)3-2-4-25(32)33/h8-9,16-18H,2-7,10-14H2,1H3,(H,27,30)(H,29,31)(H,32,33)/b28-15+. The molecule has 4 fully saturated rings. The second-order valence-electron chi connectivity index (χ2n) is 10.9. The number of benzene rings is 1. The minimum Gasteiger partial charge on any atom is -0.481 e. The number of nitrogens with one attached hydrogen (secondary N) is 2. The van der Waals surface area contributed by atoms with Crippen molar-refractivity contribution >= 4 is 29.2 Å². The second kappa shape index (κ2) is 9.51. The second-order valence-corrected chi connectivity index (χ2v) is 10.9. The Bertz CT molecular complexity index is 1030. The first-order chi connectivity index (χ1) is 16.8. The van der Waals surface area contributed by atoms with Crippen LogP contribution in [-0.2, 0) is 14.4 Å². The molecule has 5 aliphatic rings. The van der Waals surface area contributed by atoms with Gasteiger partial charge in [0.1, 0.15) is 0 Å². The normalized spacial score (nSPS) is 28.1. The lowest BCUT2D eigenvalue weighted by molar-refractivity contribution is -0.137. The Morgan fingerprint density at radius 3 is 2.26 bits per heavy atom. The zero-order valence-corrected chi connectivity index (χ0v) is 20.1. The number of carbonyl (C=O) groups is 3. The third-order valence-electron chi connectivity index (χ3n) is 8.02. The lowest BCUT2D eigenvalue weighted by atomic mass is 9.49. The number of aliphatic carboxylic acids is 1. The summed E-state index contributed by atoms with van der Waals surface area (Å²) in [5.41, 5.74) is 4.50. The SMILES string of the molecule is C/C(=N\NC(=O)CC12CC3CC(CC(C3)C1)C2)c1cc2c(cc1NC(=O)CCCC(=O)O)OCO2. The molecule has 0 saturated heterocycles. The van der Waals surface area contributed by atoms with Crippen molar-refractivity contribution in [1.29, 1.82) is 0 Å². The van der Waals surface area contributed by atoms with E-state index in [1.807, 2.05) is 0 Å². The van der Waals surface area contributed by atoms with Gasteiger partial charge in [0.25, 0.3) is 0 Å². The highest BCUT2D eigenvalue weighted by Crippen LogP contribution is 2.61. The van der Waals surface area contributed by atoms with Crippen molar-refractivity contribution in [3.05, 3.63) is 17.7 Å². The van der Waals surface area contributed by atoms with Gasteiger partial charge in [-0.05, 0) is 81.1 Å². The molecule has 0 spiro atoms. The van der Waals surface area contributed by atoms with Crippen LogP contribution < -0.4 is 20.2 Å². The average Bonchev–Trinajstić information content (AvgIpc) is 3.23. The van der Waals surface area contributed by atoms with Crippen molar-refractivity contribution in [2.24, 2.45) is 28.3 Å². The Morgan fingerprint density at radius 2 is 1.63 bits per heavy atom. The van der Waals surface area contributed by atoms with E-state index >= 15 is 0 Å². The number of carboxylic acids is 1. The van der Waals surface area contributed by atoms with Gasteiger partial charge in [0, 0.05) is 30.9 Å². The van der Waals surface area contributed by atoms with E-state index in [1.54, 1.807) is 19.1 Å². The molecule has 35 heavy (non-hydrogen) atoms. The molecule has 0 atom stereocenters. The van der Waals surface area contributed by atoms with Gasteiger partial charge >= 0.3 is 5.97 Å². The summed E-state index contributed by atoms with van der Waals surface area (Å²) in [5, 5.41) is 16.0. The molecule has 0 radical (unpaired) electrons. The number of fused-ring (bicyclic) bond motifs is 1. The van der Waals surface area contributed by atoms with Crippen LogP contribution in [0.4, 0.5) is 5.69 Å². The van der Waals surface area contributed by atoms with E-state index in [2.05, 4.69) is 15.8 Å². The minimum absolute atomic E-state index is 0.0636. The Kier molecular flexibility index (Phi) is 6.42. The molecular weight excluding hydrogens is 450 g/mol.